The number of carbonyl (C=O) groups is 1. The molecule has 0 fully saturated rings. The molecule has 0 aromatic heterocycles. The number of benzene rings is 1. The van der Waals surface area contributed by atoms with E-state index in [0.29, 0.717) is 11.1 Å². The first kappa shape index (κ1) is 16.6. The van der Waals surface area contributed by atoms with Crippen molar-refractivity contribution >= 4 is 15.9 Å². The van der Waals surface area contributed by atoms with E-state index in [1.807, 2.05) is 0 Å². The Morgan fingerprint density at radius 2 is 1.80 bits per heavy atom. The first-order chi connectivity index (χ1) is 9.23. The third-order valence-electron chi connectivity index (χ3n) is 2.97. The Hall–Kier alpha value is -1.47. The van der Waals surface area contributed by atoms with Crippen LogP contribution in [0.2, 0.25) is 0 Å². The number of rotatable bonds is 5. The van der Waals surface area contributed by atoms with E-state index in [1.165, 1.54) is 33.0 Å². The molecule has 0 atom stereocenters. The van der Waals surface area contributed by atoms with Crippen molar-refractivity contribution in [3.63, 3.8) is 0 Å². The van der Waals surface area contributed by atoms with E-state index in [2.05, 4.69) is 5.32 Å². The third kappa shape index (κ3) is 3.34. The van der Waals surface area contributed by atoms with Crippen molar-refractivity contribution in [2.75, 3.05) is 20.1 Å². The lowest BCUT2D eigenvalue weighted by atomic mass is 10.1. The van der Waals surface area contributed by atoms with Gasteiger partial charge in [-0.25, -0.2) is 12.8 Å². The Morgan fingerprint density at radius 3 is 2.20 bits per heavy atom. The number of likely N-dealkylation sites (N-methyl/N-ethyl adjacent to an activating group) is 2. The highest BCUT2D eigenvalue weighted by Crippen LogP contribution is 2.24. The highest BCUT2D eigenvalue weighted by molar-refractivity contribution is 7.89. The van der Waals surface area contributed by atoms with Crippen molar-refractivity contribution in [3.05, 3.63) is 29.1 Å². The molecule has 1 aromatic rings. The molecule has 20 heavy (non-hydrogen) atoms. The molecule has 1 aromatic carbocycles. The molecule has 0 spiro atoms. The minimum atomic E-state index is -3.83. The van der Waals surface area contributed by atoms with E-state index < -0.39 is 21.7 Å². The highest BCUT2D eigenvalue weighted by Gasteiger charge is 2.28. The first-order valence-electron chi connectivity index (χ1n) is 6.21. The van der Waals surface area contributed by atoms with Crippen LogP contribution in [0.1, 0.15) is 18.1 Å². The highest BCUT2D eigenvalue weighted by atomic mass is 32.2. The monoisotopic (exact) mass is 302 g/mol. The molecule has 112 valence electrons. The maximum atomic E-state index is 13.3. The molecule has 0 aliphatic rings. The van der Waals surface area contributed by atoms with Crippen LogP contribution in [0.25, 0.3) is 0 Å². The van der Waals surface area contributed by atoms with Gasteiger partial charge in [-0.1, -0.05) is 6.92 Å². The van der Waals surface area contributed by atoms with Crippen LogP contribution in [0.4, 0.5) is 4.39 Å². The van der Waals surface area contributed by atoms with Gasteiger partial charge < -0.3 is 5.32 Å². The number of carbonyl (C=O) groups excluding carboxylic acids is 1. The molecule has 0 aliphatic heterocycles. The number of halogens is 1. The maximum absolute atomic E-state index is 13.3. The quantitative estimate of drug-likeness (QED) is 0.889. The van der Waals surface area contributed by atoms with E-state index >= 15 is 0 Å². The van der Waals surface area contributed by atoms with Crippen molar-refractivity contribution in [2.24, 2.45) is 0 Å². The summed E-state index contributed by atoms with van der Waals surface area (Å²) in [6, 6.07) is 2.35. The number of amides is 1. The van der Waals surface area contributed by atoms with Crippen LogP contribution in [0, 0.1) is 19.7 Å². The number of hydrogen-bond donors (Lipinski definition) is 1. The fourth-order valence-corrected chi connectivity index (χ4v) is 3.86. The van der Waals surface area contributed by atoms with E-state index in [-0.39, 0.29) is 18.0 Å². The first-order valence-corrected chi connectivity index (χ1v) is 7.65. The fourth-order valence-electron chi connectivity index (χ4n) is 2.04. The van der Waals surface area contributed by atoms with Gasteiger partial charge in [-0.05, 0) is 37.1 Å². The Balaban J connectivity index is 3.31. The van der Waals surface area contributed by atoms with Crippen molar-refractivity contribution in [3.8, 4) is 0 Å². The van der Waals surface area contributed by atoms with Crippen molar-refractivity contribution in [2.45, 2.75) is 25.7 Å². The van der Waals surface area contributed by atoms with Crippen LogP contribution in [0.3, 0.4) is 0 Å². The second kappa shape index (κ2) is 6.32. The molecule has 0 saturated carbocycles. The molecule has 0 bridgehead atoms. The standard InChI is InChI=1S/C13H19FN2O3S/c1-5-16(8-12(17)15-4)20(18,19)13-9(2)6-11(14)7-10(13)3/h6-7H,5,8H2,1-4H3,(H,15,17). The van der Waals surface area contributed by atoms with Crippen molar-refractivity contribution in [1.29, 1.82) is 0 Å². The number of nitrogens with zero attached hydrogens (tertiary/aromatic N) is 1. The summed E-state index contributed by atoms with van der Waals surface area (Å²) in [6.45, 7) is 4.62. The largest absolute Gasteiger partial charge is 0.358 e. The zero-order valence-corrected chi connectivity index (χ0v) is 12.8. The maximum Gasteiger partial charge on any atom is 0.244 e. The molecule has 1 N–H and O–H groups in total. The molecule has 1 rings (SSSR count). The van der Waals surface area contributed by atoms with Gasteiger partial charge in [-0.2, -0.15) is 4.31 Å². The van der Waals surface area contributed by atoms with Gasteiger partial charge in [0.15, 0.2) is 0 Å². The summed E-state index contributed by atoms with van der Waals surface area (Å²) in [5.74, 6) is -0.874. The summed E-state index contributed by atoms with van der Waals surface area (Å²) in [5, 5.41) is 2.39. The predicted molar refractivity (Wildman–Crippen MR) is 74.4 cm³/mol. The zero-order valence-electron chi connectivity index (χ0n) is 12.0. The van der Waals surface area contributed by atoms with Crippen LogP contribution >= 0.6 is 0 Å². The predicted octanol–water partition coefficient (Wildman–Crippen LogP) is 1.20. The van der Waals surface area contributed by atoms with Gasteiger partial charge in [0.1, 0.15) is 5.82 Å². The SMILES string of the molecule is CCN(CC(=O)NC)S(=O)(=O)c1c(C)cc(F)cc1C. The van der Waals surface area contributed by atoms with Gasteiger partial charge >= 0.3 is 0 Å². The summed E-state index contributed by atoms with van der Waals surface area (Å²) in [6.07, 6.45) is 0. The lowest BCUT2D eigenvalue weighted by Gasteiger charge is -2.22. The molecular weight excluding hydrogens is 283 g/mol. The average Bonchev–Trinajstić information content (AvgIpc) is 2.33. The smallest absolute Gasteiger partial charge is 0.244 e. The summed E-state index contributed by atoms with van der Waals surface area (Å²) in [4.78, 5) is 11.5. The van der Waals surface area contributed by atoms with Gasteiger partial charge in [0.2, 0.25) is 15.9 Å². The molecule has 0 saturated heterocycles. The van der Waals surface area contributed by atoms with Crippen LogP contribution in [0.5, 0.6) is 0 Å². The number of nitrogens with one attached hydrogen (secondary N) is 1. The molecule has 0 heterocycles. The van der Waals surface area contributed by atoms with E-state index in [0.717, 1.165) is 4.31 Å². The Bertz CT molecular complexity index is 591. The Morgan fingerprint density at radius 1 is 1.30 bits per heavy atom. The Kier molecular flexibility index (Phi) is 5.24. The second-order valence-electron chi connectivity index (χ2n) is 4.47. The number of sulfonamides is 1. The zero-order chi connectivity index (χ0) is 15.5. The van der Waals surface area contributed by atoms with E-state index in [9.17, 15) is 17.6 Å². The Labute approximate surface area is 118 Å². The molecule has 1 amide bonds. The van der Waals surface area contributed by atoms with Crippen molar-refractivity contribution < 1.29 is 17.6 Å². The normalized spacial score (nSPS) is 11.7. The molecule has 5 nitrogen and oxygen atoms in total. The minimum Gasteiger partial charge on any atom is -0.358 e. The van der Waals surface area contributed by atoms with Crippen LogP contribution < -0.4 is 5.32 Å². The molecule has 0 aliphatic carbocycles. The van der Waals surface area contributed by atoms with Gasteiger partial charge in [-0.15, -0.1) is 0 Å². The fraction of sp³-hybridized carbons (Fsp3) is 0.462. The number of aryl methyl sites for hydroxylation is 2. The lowest BCUT2D eigenvalue weighted by Crippen LogP contribution is -2.39. The molecule has 0 radical (unpaired) electrons. The van der Waals surface area contributed by atoms with Crippen molar-refractivity contribution in [1.82, 2.24) is 9.62 Å². The molecule has 7 heteroatoms. The van der Waals surface area contributed by atoms with E-state index in [1.54, 1.807) is 6.92 Å². The molecule has 0 unspecified atom stereocenters. The summed E-state index contributed by atoms with van der Waals surface area (Å²) in [5.41, 5.74) is 0.663. The average molecular weight is 302 g/mol. The van der Waals surface area contributed by atoms with Crippen LogP contribution in [-0.2, 0) is 14.8 Å². The molecular formula is C13H19FN2O3S. The lowest BCUT2D eigenvalue weighted by molar-refractivity contribution is -0.120. The van der Waals surface area contributed by atoms with Crippen LogP contribution in [0.15, 0.2) is 17.0 Å². The van der Waals surface area contributed by atoms with Gasteiger partial charge in [0.25, 0.3) is 0 Å². The van der Waals surface area contributed by atoms with E-state index in [4.69, 9.17) is 0 Å². The van der Waals surface area contributed by atoms with Crippen LogP contribution in [-0.4, -0.2) is 38.8 Å². The summed E-state index contributed by atoms with van der Waals surface area (Å²) >= 11 is 0. The second-order valence-corrected chi connectivity index (χ2v) is 6.35. The summed E-state index contributed by atoms with van der Waals surface area (Å²) < 4.78 is 39.5. The van der Waals surface area contributed by atoms with Gasteiger partial charge in [0.05, 0.1) is 11.4 Å². The number of hydrogen-bond acceptors (Lipinski definition) is 3. The third-order valence-corrected chi connectivity index (χ3v) is 5.20. The van der Waals surface area contributed by atoms with Gasteiger partial charge in [0, 0.05) is 13.6 Å². The topological polar surface area (TPSA) is 66.5 Å². The minimum absolute atomic E-state index is 0.0599. The summed E-state index contributed by atoms with van der Waals surface area (Å²) in [7, 11) is -2.39. The van der Waals surface area contributed by atoms with Gasteiger partial charge in [-0.3, -0.25) is 4.79 Å².